The van der Waals surface area contributed by atoms with Crippen molar-refractivity contribution in [2.75, 3.05) is 40.5 Å². The topological polar surface area (TPSA) is 77.1 Å². The number of unbranched alkanes of at least 4 members (excludes halogenated alkanes) is 2. The Hall–Kier alpha value is -3.06. The largest absolute Gasteiger partial charge is 0.497 e. The Morgan fingerprint density at radius 2 is 1.73 bits per heavy atom. The number of likely N-dealkylation sites (tertiary alicyclic amines) is 1. The highest BCUT2D eigenvalue weighted by Crippen LogP contribution is 2.30. The van der Waals surface area contributed by atoms with E-state index in [1.165, 1.54) is 19.4 Å². The van der Waals surface area contributed by atoms with Gasteiger partial charge in [-0.1, -0.05) is 12.5 Å². The Morgan fingerprint density at radius 3 is 2.38 bits per heavy atom. The first kappa shape index (κ1) is 28.5. The summed E-state index contributed by atoms with van der Waals surface area (Å²) in [5.74, 6) is 2.47. The Morgan fingerprint density at radius 1 is 1.00 bits per heavy atom. The van der Waals surface area contributed by atoms with Gasteiger partial charge in [-0.2, -0.15) is 0 Å². The van der Waals surface area contributed by atoms with E-state index in [0.29, 0.717) is 38.2 Å². The molecular formula is C30H42N2O5. The van der Waals surface area contributed by atoms with Crippen molar-refractivity contribution >= 4 is 11.7 Å². The van der Waals surface area contributed by atoms with Gasteiger partial charge in [0.05, 0.1) is 7.11 Å². The highest BCUT2D eigenvalue weighted by atomic mass is 16.6. The van der Waals surface area contributed by atoms with E-state index < -0.39 is 0 Å². The number of methoxy groups -OCH3 is 1. The number of fused-ring (bicyclic) bond motifs is 1. The number of Topliss-reactive ketones (excluding diaryl/α,β-unsaturated/α-hetero) is 1. The van der Waals surface area contributed by atoms with Crippen LogP contribution in [0.3, 0.4) is 0 Å². The van der Waals surface area contributed by atoms with Gasteiger partial charge in [0, 0.05) is 31.0 Å². The van der Waals surface area contributed by atoms with Crippen molar-refractivity contribution in [1.29, 1.82) is 0 Å². The molecule has 2 aromatic carbocycles. The van der Waals surface area contributed by atoms with Crippen LogP contribution in [0, 0.1) is 0 Å². The predicted octanol–water partition coefficient (Wildman–Crippen LogP) is 5.06. The van der Waals surface area contributed by atoms with E-state index in [1.807, 2.05) is 18.2 Å². The molecule has 202 valence electrons. The second-order valence-electron chi connectivity index (χ2n) is 9.76. The van der Waals surface area contributed by atoms with Gasteiger partial charge >= 0.3 is 0 Å². The van der Waals surface area contributed by atoms with Gasteiger partial charge in [0.25, 0.3) is 0 Å². The summed E-state index contributed by atoms with van der Waals surface area (Å²) in [6.45, 7) is 5.33. The number of benzene rings is 2. The van der Waals surface area contributed by atoms with Gasteiger partial charge in [-0.25, -0.2) is 0 Å². The van der Waals surface area contributed by atoms with Gasteiger partial charge in [0.2, 0.25) is 5.91 Å². The number of ketones is 1. The standard InChI is InChI=1S/C24H29NO5.C6H13N/c1-28-20-10-8-19(9-11-20)21(26)5-3-2-4-6-24(27)25-14-13-18-7-12-22-23(17-18)30-16-15-29-22;1-6-4-3-5-7(6)2/h7-12,17H,2-6,13-16H2,1H3,(H,25,27);6H,3-5H2,1-2H3. The number of nitrogens with one attached hydrogen (secondary N) is 1. The molecule has 1 fully saturated rings. The third-order valence-electron chi connectivity index (χ3n) is 6.95. The zero-order valence-corrected chi connectivity index (χ0v) is 22.6. The minimum absolute atomic E-state index is 0.0500. The number of hydrogen-bond acceptors (Lipinski definition) is 6. The van der Waals surface area contributed by atoms with Gasteiger partial charge in [-0.15, -0.1) is 0 Å². The summed E-state index contributed by atoms with van der Waals surface area (Å²) in [7, 11) is 3.79. The minimum atomic E-state index is 0.0500. The van der Waals surface area contributed by atoms with E-state index in [9.17, 15) is 9.59 Å². The summed E-state index contributed by atoms with van der Waals surface area (Å²) in [5.41, 5.74) is 1.81. The number of rotatable bonds is 11. The number of amides is 1. The molecule has 1 unspecified atom stereocenters. The van der Waals surface area contributed by atoms with Gasteiger partial charge in [-0.05, 0) is 94.6 Å². The fourth-order valence-electron chi connectivity index (χ4n) is 4.42. The molecule has 0 saturated carbocycles. The van der Waals surface area contributed by atoms with Crippen molar-refractivity contribution in [3.05, 3.63) is 53.6 Å². The lowest BCUT2D eigenvalue weighted by Gasteiger charge is -2.18. The molecule has 2 heterocycles. The Labute approximate surface area is 221 Å². The third-order valence-corrected chi connectivity index (χ3v) is 6.95. The maximum Gasteiger partial charge on any atom is 0.220 e. The van der Waals surface area contributed by atoms with Gasteiger partial charge in [-0.3, -0.25) is 9.59 Å². The summed E-state index contributed by atoms with van der Waals surface area (Å²) < 4.78 is 16.2. The third kappa shape index (κ3) is 9.73. The van der Waals surface area contributed by atoms with Gasteiger partial charge in [0.1, 0.15) is 19.0 Å². The van der Waals surface area contributed by atoms with Crippen LogP contribution < -0.4 is 19.5 Å². The number of carbonyl (C=O) groups excluding carboxylic acids is 2. The van der Waals surface area contributed by atoms with E-state index in [1.54, 1.807) is 31.4 Å². The van der Waals surface area contributed by atoms with Crippen molar-refractivity contribution in [2.24, 2.45) is 0 Å². The zero-order chi connectivity index (χ0) is 26.5. The first-order chi connectivity index (χ1) is 18.0. The fourth-order valence-corrected chi connectivity index (χ4v) is 4.42. The predicted molar refractivity (Wildman–Crippen MR) is 146 cm³/mol. The highest BCUT2D eigenvalue weighted by Gasteiger charge is 2.14. The molecule has 0 radical (unpaired) electrons. The molecule has 7 heteroatoms. The maximum absolute atomic E-state index is 12.2. The molecule has 7 nitrogen and oxygen atoms in total. The first-order valence-electron chi connectivity index (χ1n) is 13.5. The maximum atomic E-state index is 12.2. The molecule has 2 aliphatic heterocycles. The van der Waals surface area contributed by atoms with Crippen molar-refractivity contribution in [3.63, 3.8) is 0 Å². The average molecular weight is 511 g/mol. The lowest BCUT2D eigenvalue weighted by atomic mass is 10.0. The molecule has 1 amide bonds. The lowest BCUT2D eigenvalue weighted by Crippen LogP contribution is -2.25. The van der Waals surface area contributed by atoms with Crippen molar-refractivity contribution in [2.45, 2.75) is 64.3 Å². The SMILES string of the molecule is CC1CCCN1C.COc1ccc(C(=O)CCCCCC(=O)NCCc2ccc3c(c2)OCCO3)cc1. The minimum Gasteiger partial charge on any atom is -0.497 e. The normalized spacial score (nSPS) is 16.5. The van der Waals surface area contributed by atoms with E-state index in [0.717, 1.165) is 54.5 Å². The van der Waals surface area contributed by atoms with Crippen molar-refractivity contribution in [3.8, 4) is 17.2 Å². The number of nitrogens with zero attached hydrogens (tertiary/aromatic N) is 1. The summed E-state index contributed by atoms with van der Waals surface area (Å²) in [4.78, 5) is 26.6. The Balaban J connectivity index is 0.000000468. The van der Waals surface area contributed by atoms with Crippen molar-refractivity contribution in [1.82, 2.24) is 10.2 Å². The molecule has 2 aromatic rings. The van der Waals surface area contributed by atoms with Crippen LogP contribution in [0.5, 0.6) is 17.2 Å². The first-order valence-corrected chi connectivity index (χ1v) is 13.5. The molecule has 4 rings (SSSR count). The van der Waals surface area contributed by atoms with Crippen LogP contribution in [0.25, 0.3) is 0 Å². The smallest absolute Gasteiger partial charge is 0.220 e. The Bertz CT molecular complexity index is 984. The molecule has 0 aliphatic carbocycles. The van der Waals surface area contributed by atoms with E-state index >= 15 is 0 Å². The molecule has 1 saturated heterocycles. The second kappa shape index (κ2) is 15.3. The monoisotopic (exact) mass is 510 g/mol. The van der Waals surface area contributed by atoms with Crippen LogP contribution >= 0.6 is 0 Å². The fraction of sp³-hybridized carbons (Fsp3) is 0.533. The van der Waals surface area contributed by atoms with E-state index in [-0.39, 0.29) is 11.7 Å². The van der Waals surface area contributed by atoms with Crippen molar-refractivity contribution < 1.29 is 23.8 Å². The summed E-state index contributed by atoms with van der Waals surface area (Å²) in [6.07, 6.45) is 6.96. The lowest BCUT2D eigenvalue weighted by molar-refractivity contribution is -0.121. The number of hydrogen-bond donors (Lipinski definition) is 1. The molecule has 1 atom stereocenters. The molecular weight excluding hydrogens is 468 g/mol. The zero-order valence-electron chi connectivity index (χ0n) is 22.6. The molecule has 1 N–H and O–H groups in total. The van der Waals surface area contributed by atoms with Crippen LogP contribution in [-0.4, -0.2) is 63.1 Å². The number of ether oxygens (including phenoxy) is 3. The highest BCUT2D eigenvalue weighted by molar-refractivity contribution is 5.96. The average Bonchev–Trinajstić information content (AvgIpc) is 3.30. The van der Waals surface area contributed by atoms with Crippen LogP contribution in [0.2, 0.25) is 0 Å². The van der Waals surface area contributed by atoms with Crippen LogP contribution in [0.4, 0.5) is 0 Å². The van der Waals surface area contributed by atoms with E-state index in [4.69, 9.17) is 14.2 Å². The van der Waals surface area contributed by atoms with Crippen LogP contribution in [0.1, 0.15) is 67.8 Å². The summed E-state index contributed by atoms with van der Waals surface area (Å²) in [6, 6.07) is 13.9. The molecule has 2 aliphatic rings. The van der Waals surface area contributed by atoms with Gasteiger partial charge < -0.3 is 24.4 Å². The number of carbonyl (C=O) groups is 2. The molecule has 0 aromatic heterocycles. The molecule has 37 heavy (non-hydrogen) atoms. The van der Waals surface area contributed by atoms with Gasteiger partial charge in [0.15, 0.2) is 17.3 Å². The second-order valence-corrected chi connectivity index (χ2v) is 9.76. The van der Waals surface area contributed by atoms with E-state index in [2.05, 4.69) is 24.2 Å². The summed E-state index contributed by atoms with van der Waals surface area (Å²) >= 11 is 0. The quantitative estimate of drug-likeness (QED) is 0.336. The summed E-state index contributed by atoms with van der Waals surface area (Å²) in [5, 5.41) is 2.96. The van der Waals surface area contributed by atoms with Crippen LogP contribution in [-0.2, 0) is 11.2 Å². The molecule has 0 spiro atoms. The molecule has 0 bridgehead atoms. The Kier molecular flexibility index (Phi) is 11.8. The van der Waals surface area contributed by atoms with Crippen LogP contribution in [0.15, 0.2) is 42.5 Å².